The molecule has 17 heavy (non-hydrogen) atoms. The molecule has 0 bridgehead atoms. The van der Waals surface area contributed by atoms with E-state index in [1.165, 1.54) is 0 Å². The molecule has 1 fully saturated rings. The molecule has 0 aliphatic heterocycles. The summed E-state index contributed by atoms with van der Waals surface area (Å²) in [6.07, 6.45) is 3.67. The lowest BCUT2D eigenvalue weighted by molar-refractivity contribution is -0.137. The highest BCUT2D eigenvalue weighted by molar-refractivity contribution is 5.76. The third kappa shape index (κ3) is 5.06. The topological polar surface area (TPSA) is 78.4 Å². The van der Waals surface area contributed by atoms with Crippen molar-refractivity contribution in [2.45, 2.75) is 58.0 Å². The zero-order valence-electron chi connectivity index (χ0n) is 10.5. The maximum Gasteiger partial charge on any atom is 0.315 e. The summed E-state index contributed by atoms with van der Waals surface area (Å²) in [5.41, 5.74) is 0. The van der Waals surface area contributed by atoms with Crippen molar-refractivity contribution in [1.82, 2.24) is 10.6 Å². The summed E-state index contributed by atoms with van der Waals surface area (Å²) in [6.45, 7) is 4.08. The van der Waals surface area contributed by atoms with Crippen LogP contribution in [-0.2, 0) is 4.79 Å². The molecule has 0 spiro atoms. The average molecular weight is 242 g/mol. The Labute approximate surface area is 102 Å². The zero-order chi connectivity index (χ0) is 12.8. The first-order valence-electron chi connectivity index (χ1n) is 6.35. The van der Waals surface area contributed by atoms with Crippen molar-refractivity contribution < 1.29 is 14.7 Å². The molecular weight excluding hydrogens is 220 g/mol. The van der Waals surface area contributed by atoms with Crippen molar-refractivity contribution in [2.75, 3.05) is 0 Å². The van der Waals surface area contributed by atoms with E-state index in [1.807, 2.05) is 6.92 Å². The Morgan fingerprint density at radius 1 is 1.41 bits per heavy atom. The number of nitrogens with one attached hydrogen (secondary N) is 2. The Balaban J connectivity index is 2.28. The highest BCUT2D eigenvalue weighted by Crippen LogP contribution is 2.32. The summed E-state index contributed by atoms with van der Waals surface area (Å²) in [4.78, 5) is 22.2. The van der Waals surface area contributed by atoms with Gasteiger partial charge in [-0.2, -0.15) is 0 Å². The number of carbonyl (C=O) groups is 2. The lowest BCUT2D eigenvalue weighted by atomic mass is 10.1. The fraction of sp³-hybridized carbons (Fsp3) is 0.833. The van der Waals surface area contributed by atoms with Gasteiger partial charge in [0.15, 0.2) is 0 Å². The van der Waals surface area contributed by atoms with E-state index in [1.54, 1.807) is 0 Å². The molecule has 3 atom stereocenters. The highest BCUT2D eigenvalue weighted by Gasteiger charge is 2.36. The number of amides is 2. The lowest BCUT2D eigenvalue weighted by Crippen LogP contribution is -2.44. The molecule has 0 aromatic rings. The Kier molecular flexibility index (Phi) is 5.25. The number of hydrogen-bond donors (Lipinski definition) is 3. The molecule has 0 saturated heterocycles. The molecule has 0 radical (unpaired) electrons. The minimum atomic E-state index is -0.874. The van der Waals surface area contributed by atoms with Crippen molar-refractivity contribution >= 4 is 12.0 Å². The zero-order valence-corrected chi connectivity index (χ0v) is 10.5. The van der Waals surface area contributed by atoms with E-state index in [-0.39, 0.29) is 24.5 Å². The van der Waals surface area contributed by atoms with Crippen molar-refractivity contribution in [3.63, 3.8) is 0 Å². The van der Waals surface area contributed by atoms with E-state index in [9.17, 15) is 9.59 Å². The van der Waals surface area contributed by atoms with Crippen LogP contribution in [0, 0.1) is 5.92 Å². The molecule has 3 N–H and O–H groups in total. The summed E-state index contributed by atoms with van der Waals surface area (Å²) in [5, 5.41) is 14.3. The molecule has 0 aromatic carbocycles. The second-order valence-electron chi connectivity index (χ2n) is 4.71. The van der Waals surface area contributed by atoms with Crippen LogP contribution in [0.3, 0.4) is 0 Å². The number of carbonyl (C=O) groups excluding carboxylic acids is 1. The predicted octanol–water partition coefficient (Wildman–Crippen LogP) is 1.73. The van der Waals surface area contributed by atoms with Crippen LogP contribution in [0.1, 0.15) is 46.0 Å². The Morgan fingerprint density at radius 2 is 2.12 bits per heavy atom. The fourth-order valence-corrected chi connectivity index (χ4v) is 2.06. The summed E-state index contributed by atoms with van der Waals surface area (Å²) < 4.78 is 0. The predicted molar refractivity (Wildman–Crippen MR) is 64.8 cm³/mol. The van der Waals surface area contributed by atoms with Gasteiger partial charge in [-0.3, -0.25) is 4.79 Å². The first kappa shape index (κ1) is 13.8. The van der Waals surface area contributed by atoms with Crippen molar-refractivity contribution in [2.24, 2.45) is 5.92 Å². The molecule has 1 aliphatic carbocycles. The van der Waals surface area contributed by atoms with Gasteiger partial charge in [0.2, 0.25) is 0 Å². The maximum absolute atomic E-state index is 11.6. The van der Waals surface area contributed by atoms with Gasteiger partial charge in [0.05, 0.1) is 6.42 Å². The Morgan fingerprint density at radius 3 is 2.59 bits per heavy atom. The molecular formula is C12H22N2O3. The maximum atomic E-state index is 11.6. The van der Waals surface area contributed by atoms with E-state index in [4.69, 9.17) is 5.11 Å². The first-order valence-corrected chi connectivity index (χ1v) is 6.35. The molecule has 0 heterocycles. The molecule has 98 valence electrons. The van der Waals surface area contributed by atoms with Crippen LogP contribution in [0.15, 0.2) is 0 Å². The van der Waals surface area contributed by atoms with Gasteiger partial charge in [-0.15, -0.1) is 0 Å². The number of rotatable bonds is 7. The monoisotopic (exact) mass is 242 g/mol. The van der Waals surface area contributed by atoms with Gasteiger partial charge in [-0.05, 0) is 18.8 Å². The summed E-state index contributed by atoms with van der Waals surface area (Å²) >= 11 is 0. The van der Waals surface area contributed by atoms with Crippen LogP contribution in [-0.4, -0.2) is 29.2 Å². The van der Waals surface area contributed by atoms with Crippen LogP contribution >= 0.6 is 0 Å². The van der Waals surface area contributed by atoms with Crippen molar-refractivity contribution in [3.8, 4) is 0 Å². The number of hydrogen-bond acceptors (Lipinski definition) is 2. The van der Waals surface area contributed by atoms with Gasteiger partial charge < -0.3 is 15.7 Å². The molecule has 5 nitrogen and oxygen atoms in total. The van der Waals surface area contributed by atoms with Crippen LogP contribution in [0.2, 0.25) is 0 Å². The lowest BCUT2D eigenvalue weighted by Gasteiger charge is -2.16. The Bertz CT molecular complexity index is 281. The molecule has 3 unspecified atom stereocenters. The highest BCUT2D eigenvalue weighted by atomic mass is 16.4. The van der Waals surface area contributed by atoms with Crippen LogP contribution in [0.25, 0.3) is 0 Å². The summed E-state index contributed by atoms with van der Waals surface area (Å²) in [6, 6.07) is -0.214. The standard InChI is InChI=1S/C12H22N2O3/c1-3-5-9(7-11(15)16)13-12(17)14-10-6-8(10)4-2/h8-10H,3-7H2,1-2H3,(H,15,16)(H2,13,14,17). The van der Waals surface area contributed by atoms with Gasteiger partial charge in [0.1, 0.15) is 0 Å². The minimum absolute atomic E-state index is 0.0108. The van der Waals surface area contributed by atoms with E-state index >= 15 is 0 Å². The largest absolute Gasteiger partial charge is 0.481 e. The Hall–Kier alpha value is -1.26. The third-order valence-electron chi connectivity index (χ3n) is 3.16. The van der Waals surface area contributed by atoms with Gasteiger partial charge in [-0.1, -0.05) is 26.7 Å². The molecule has 0 aromatic heterocycles. The third-order valence-corrected chi connectivity index (χ3v) is 3.16. The van der Waals surface area contributed by atoms with Gasteiger partial charge in [0, 0.05) is 12.1 Å². The van der Waals surface area contributed by atoms with Gasteiger partial charge in [0.25, 0.3) is 0 Å². The number of urea groups is 1. The molecule has 1 saturated carbocycles. The number of carboxylic acids is 1. The summed E-state index contributed by atoms with van der Waals surface area (Å²) in [7, 11) is 0. The van der Waals surface area contributed by atoms with Crippen LogP contribution in [0.5, 0.6) is 0 Å². The van der Waals surface area contributed by atoms with E-state index < -0.39 is 5.97 Å². The molecule has 5 heteroatoms. The minimum Gasteiger partial charge on any atom is -0.481 e. The van der Waals surface area contributed by atoms with Crippen molar-refractivity contribution in [1.29, 1.82) is 0 Å². The molecule has 1 aliphatic rings. The van der Waals surface area contributed by atoms with Gasteiger partial charge in [-0.25, -0.2) is 4.79 Å². The first-order chi connectivity index (χ1) is 8.06. The smallest absolute Gasteiger partial charge is 0.315 e. The SMILES string of the molecule is CCCC(CC(=O)O)NC(=O)NC1CC1CC. The van der Waals surface area contributed by atoms with Gasteiger partial charge >= 0.3 is 12.0 Å². The molecule has 1 rings (SSSR count). The van der Waals surface area contributed by atoms with E-state index in [0.717, 1.165) is 19.3 Å². The number of aliphatic carboxylic acids is 1. The quantitative estimate of drug-likeness (QED) is 0.636. The fourth-order valence-electron chi connectivity index (χ4n) is 2.06. The second kappa shape index (κ2) is 6.47. The van der Waals surface area contributed by atoms with Crippen LogP contribution < -0.4 is 10.6 Å². The van der Waals surface area contributed by atoms with Crippen molar-refractivity contribution in [3.05, 3.63) is 0 Å². The average Bonchev–Trinajstić information content (AvgIpc) is 2.95. The second-order valence-corrected chi connectivity index (χ2v) is 4.71. The van der Waals surface area contributed by atoms with E-state index in [0.29, 0.717) is 12.3 Å². The summed E-state index contributed by atoms with van der Waals surface area (Å²) in [5.74, 6) is -0.272. The van der Waals surface area contributed by atoms with Crippen LogP contribution in [0.4, 0.5) is 4.79 Å². The van der Waals surface area contributed by atoms with E-state index in [2.05, 4.69) is 17.6 Å². The number of carboxylic acid groups (broad SMARTS) is 1. The molecule has 2 amide bonds. The normalized spacial score (nSPS) is 23.9.